The van der Waals surface area contributed by atoms with Crippen molar-refractivity contribution < 1.29 is 5.11 Å². The van der Waals surface area contributed by atoms with Crippen molar-refractivity contribution in [2.45, 2.75) is 25.0 Å². The van der Waals surface area contributed by atoms with Gasteiger partial charge in [-0.15, -0.1) is 0 Å². The van der Waals surface area contributed by atoms with Gasteiger partial charge in [-0.3, -0.25) is 0 Å². The summed E-state index contributed by atoms with van der Waals surface area (Å²) in [7, 11) is 0. The Morgan fingerprint density at radius 1 is 1.25 bits per heavy atom. The molecule has 1 aliphatic heterocycles. The zero-order valence-electron chi connectivity index (χ0n) is 9.00. The van der Waals surface area contributed by atoms with Gasteiger partial charge >= 0.3 is 0 Å². The molecule has 0 spiro atoms. The van der Waals surface area contributed by atoms with E-state index in [2.05, 4.69) is 11.0 Å². The predicted molar refractivity (Wildman–Crippen MR) is 61.0 cm³/mol. The summed E-state index contributed by atoms with van der Waals surface area (Å²) >= 11 is 0. The zero-order chi connectivity index (χ0) is 11.1. The van der Waals surface area contributed by atoms with Crippen LogP contribution in [0.15, 0.2) is 24.3 Å². The first kappa shape index (κ1) is 9.68. The minimum absolute atomic E-state index is 0.172. The number of rotatable bonds is 1. The Morgan fingerprint density at radius 3 is 2.56 bits per heavy atom. The van der Waals surface area contributed by atoms with Crippen LogP contribution in [0.5, 0.6) is 0 Å². The molecule has 3 nitrogen and oxygen atoms in total. The fourth-order valence-electron chi connectivity index (χ4n) is 3.02. The first-order chi connectivity index (χ1) is 7.78. The van der Waals surface area contributed by atoms with Crippen molar-refractivity contribution in [2.75, 3.05) is 11.4 Å². The maximum Gasteiger partial charge on any atom is 0.0991 e. The third-order valence-electron chi connectivity index (χ3n) is 3.78. The zero-order valence-corrected chi connectivity index (χ0v) is 9.00. The van der Waals surface area contributed by atoms with Crippen molar-refractivity contribution in [3.05, 3.63) is 29.8 Å². The fraction of sp³-hybridized carbons (Fsp3) is 0.462. The molecule has 82 valence electrons. The van der Waals surface area contributed by atoms with E-state index in [0.29, 0.717) is 11.5 Å². The number of anilines is 1. The van der Waals surface area contributed by atoms with E-state index < -0.39 is 0 Å². The SMILES string of the molecule is N#Cc1ccc(N2CC3CC(O)C2C3)cc1. The molecule has 1 aromatic carbocycles. The van der Waals surface area contributed by atoms with Crippen molar-refractivity contribution in [3.8, 4) is 6.07 Å². The Kier molecular flexibility index (Phi) is 2.12. The summed E-state index contributed by atoms with van der Waals surface area (Å²) in [6.45, 7) is 1.05. The van der Waals surface area contributed by atoms with E-state index in [0.717, 1.165) is 25.1 Å². The summed E-state index contributed by atoms with van der Waals surface area (Å²) < 4.78 is 0. The molecule has 1 saturated heterocycles. The molecule has 2 fully saturated rings. The van der Waals surface area contributed by atoms with Crippen molar-refractivity contribution in [2.24, 2.45) is 5.92 Å². The molecule has 0 amide bonds. The van der Waals surface area contributed by atoms with E-state index in [4.69, 9.17) is 5.26 Å². The maximum atomic E-state index is 9.86. The number of nitrogens with zero attached hydrogens (tertiary/aromatic N) is 2. The fourth-order valence-corrected chi connectivity index (χ4v) is 3.02. The van der Waals surface area contributed by atoms with E-state index in [-0.39, 0.29) is 12.1 Å². The summed E-state index contributed by atoms with van der Waals surface area (Å²) in [5.41, 5.74) is 1.82. The van der Waals surface area contributed by atoms with Gasteiger partial charge in [-0.1, -0.05) is 0 Å². The summed E-state index contributed by atoms with van der Waals surface area (Å²) in [5.74, 6) is 0.649. The van der Waals surface area contributed by atoms with Crippen LogP contribution >= 0.6 is 0 Å². The van der Waals surface area contributed by atoms with E-state index in [1.54, 1.807) is 0 Å². The lowest BCUT2D eigenvalue weighted by molar-refractivity contribution is 0.146. The Hall–Kier alpha value is -1.53. The number of fused-ring (bicyclic) bond motifs is 2. The van der Waals surface area contributed by atoms with Gasteiger partial charge in [0.05, 0.1) is 23.8 Å². The third-order valence-corrected chi connectivity index (χ3v) is 3.78. The molecular weight excluding hydrogens is 200 g/mol. The number of aliphatic hydroxyl groups excluding tert-OH is 1. The van der Waals surface area contributed by atoms with Gasteiger partial charge in [0.2, 0.25) is 0 Å². The van der Waals surface area contributed by atoms with Gasteiger partial charge < -0.3 is 10.0 Å². The van der Waals surface area contributed by atoms with Crippen molar-refractivity contribution in [3.63, 3.8) is 0 Å². The molecule has 1 saturated carbocycles. The van der Waals surface area contributed by atoms with Crippen molar-refractivity contribution in [1.29, 1.82) is 5.26 Å². The van der Waals surface area contributed by atoms with Crippen molar-refractivity contribution >= 4 is 5.69 Å². The van der Waals surface area contributed by atoms with Gasteiger partial charge in [-0.25, -0.2) is 0 Å². The topological polar surface area (TPSA) is 47.3 Å². The van der Waals surface area contributed by atoms with Gasteiger partial charge in [0, 0.05) is 12.2 Å². The number of aliphatic hydroxyl groups is 1. The first-order valence-corrected chi connectivity index (χ1v) is 5.73. The lowest BCUT2D eigenvalue weighted by Crippen LogP contribution is -2.41. The number of hydrogen-bond acceptors (Lipinski definition) is 3. The highest BCUT2D eigenvalue weighted by molar-refractivity contribution is 5.52. The minimum Gasteiger partial charge on any atom is -0.391 e. The molecule has 3 atom stereocenters. The Bertz CT molecular complexity index is 434. The van der Waals surface area contributed by atoms with Gasteiger partial charge in [-0.05, 0) is 43.0 Å². The molecule has 16 heavy (non-hydrogen) atoms. The molecule has 3 heteroatoms. The van der Waals surface area contributed by atoms with Crippen LogP contribution in [0.25, 0.3) is 0 Å². The monoisotopic (exact) mass is 214 g/mol. The standard InChI is InChI=1S/C13H14N2O/c14-7-9-1-3-11(4-2-9)15-8-10-5-12(15)13(16)6-10/h1-4,10,12-13,16H,5-6,8H2. The lowest BCUT2D eigenvalue weighted by atomic mass is 10.1. The van der Waals surface area contributed by atoms with Crippen LogP contribution in [0.4, 0.5) is 5.69 Å². The molecule has 3 unspecified atom stereocenters. The second-order valence-corrected chi connectivity index (χ2v) is 4.78. The van der Waals surface area contributed by atoms with E-state index in [1.807, 2.05) is 24.3 Å². The molecule has 1 heterocycles. The van der Waals surface area contributed by atoms with Crippen LogP contribution in [0, 0.1) is 17.2 Å². The summed E-state index contributed by atoms with van der Waals surface area (Å²) in [4.78, 5) is 2.28. The molecule has 2 aliphatic rings. The highest BCUT2D eigenvalue weighted by Crippen LogP contribution is 2.40. The van der Waals surface area contributed by atoms with Crippen LogP contribution < -0.4 is 4.90 Å². The van der Waals surface area contributed by atoms with Gasteiger partial charge in [0.15, 0.2) is 0 Å². The van der Waals surface area contributed by atoms with Gasteiger partial charge in [-0.2, -0.15) is 5.26 Å². The minimum atomic E-state index is -0.172. The van der Waals surface area contributed by atoms with Crippen LogP contribution in [-0.2, 0) is 0 Å². The Labute approximate surface area is 94.9 Å². The maximum absolute atomic E-state index is 9.86. The van der Waals surface area contributed by atoms with E-state index >= 15 is 0 Å². The highest BCUT2D eigenvalue weighted by Gasteiger charge is 2.44. The quantitative estimate of drug-likeness (QED) is 0.771. The average molecular weight is 214 g/mol. The second-order valence-electron chi connectivity index (χ2n) is 4.78. The molecule has 3 rings (SSSR count). The van der Waals surface area contributed by atoms with E-state index in [1.165, 1.54) is 0 Å². The predicted octanol–water partition coefficient (Wildman–Crippen LogP) is 1.52. The Balaban J connectivity index is 1.85. The van der Waals surface area contributed by atoms with Gasteiger partial charge in [0.25, 0.3) is 0 Å². The largest absolute Gasteiger partial charge is 0.391 e. The smallest absolute Gasteiger partial charge is 0.0991 e. The van der Waals surface area contributed by atoms with Crippen LogP contribution in [0.2, 0.25) is 0 Å². The van der Waals surface area contributed by atoms with Crippen LogP contribution in [0.1, 0.15) is 18.4 Å². The molecule has 1 aromatic rings. The molecular formula is C13H14N2O. The number of hydrogen-bond donors (Lipinski definition) is 1. The molecule has 0 radical (unpaired) electrons. The second kappa shape index (κ2) is 3.50. The van der Waals surface area contributed by atoms with Crippen molar-refractivity contribution in [1.82, 2.24) is 0 Å². The molecule has 2 bridgehead atoms. The number of nitriles is 1. The number of benzene rings is 1. The van der Waals surface area contributed by atoms with Crippen LogP contribution in [-0.4, -0.2) is 23.8 Å². The van der Waals surface area contributed by atoms with E-state index in [9.17, 15) is 5.11 Å². The molecule has 0 aromatic heterocycles. The normalized spacial score (nSPS) is 31.8. The first-order valence-electron chi connectivity index (χ1n) is 5.73. The summed E-state index contributed by atoms with van der Waals surface area (Å²) in [6, 6.07) is 10.0. The molecule has 1 N–H and O–H groups in total. The third kappa shape index (κ3) is 1.38. The van der Waals surface area contributed by atoms with Gasteiger partial charge in [0.1, 0.15) is 0 Å². The lowest BCUT2D eigenvalue weighted by Gasteiger charge is -2.32. The number of piperidine rings is 1. The molecule has 1 aliphatic carbocycles. The summed E-state index contributed by atoms with van der Waals surface area (Å²) in [5, 5.41) is 18.6. The average Bonchev–Trinajstić information content (AvgIpc) is 2.88. The summed E-state index contributed by atoms with van der Waals surface area (Å²) in [6.07, 6.45) is 1.90. The highest BCUT2D eigenvalue weighted by atomic mass is 16.3. The van der Waals surface area contributed by atoms with Crippen LogP contribution in [0.3, 0.4) is 0 Å². The Morgan fingerprint density at radius 2 is 2.00 bits per heavy atom.